The van der Waals surface area contributed by atoms with Gasteiger partial charge in [0.05, 0.1) is 11.6 Å². The van der Waals surface area contributed by atoms with Crippen molar-refractivity contribution >= 4 is 17.4 Å². The second-order valence-electron chi connectivity index (χ2n) is 3.03. The summed E-state index contributed by atoms with van der Waals surface area (Å²) in [4.78, 5) is 22.1. The van der Waals surface area contributed by atoms with Crippen molar-refractivity contribution in [2.75, 3.05) is 0 Å². The highest BCUT2D eigenvalue weighted by molar-refractivity contribution is 6.31. The fraction of sp³-hybridized carbons (Fsp3) is 0.500. The zero-order valence-electron chi connectivity index (χ0n) is 7.72. The summed E-state index contributed by atoms with van der Waals surface area (Å²) in [5.41, 5.74) is 0.187. The molecule has 0 radical (unpaired) electrons. The summed E-state index contributed by atoms with van der Waals surface area (Å²) in [5, 5.41) is 2.59. The van der Waals surface area contributed by atoms with Crippen molar-refractivity contribution in [2.24, 2.45) is 7.05 Å². The molecule has 1 rings (SSSR count). The molecule has 1 N–H and O–H groups in total. The lowest BCUT2D eigenvalue weighted by atomic mass is 10.0. The number of aryl methyl sites for hydroxylation is 1. The van der Waals surface area contributed by atoms with Gasteiger partial charge in [0.25, 0.3) is 5.56 Å². The lowest BCUT2D eigenvalue weighted by molar-refractivity contribution is -0.118. The first kappa shape index (κ1) is 10.1. The van der Waals surface area contributed by atoms with Crippen LogP contribution in [0.15, 0.2) is 4.79 Å². The first-order valence-electron chi connectivity index (χ1n) is 3.90. The fourth-order valence-electron chi connectivity index (χ4n) is 1.20. The third-order valence-corrected chi connectivity index (χ3v) is 2.44. The molecule has 5 heteroatoms. The highest BCUT2D eigenvalue weighted by Gasteiger charge is 2.20. The van der Waals surface area contributed by atoms with Crippen LogP contribution in [-0.4, -0.2) is 15.6 Å². The van der Waals surface area contributed by atoms with Gasteiger partial charge < -0.3 is 0 Å². The molecule has 0 spiro atoms. The average Bonchev–Trinajstić information content (AvgIpc) is 2.26. The van der Waals surface area contributed by atoms with Gasteiger partial charge >= 0.3 is 0 Å². The van der Waals surface area contributed by atoms with Crippen LogP contribution >= 0.6 is 11.6 Å². The molecule has 0 aromatic carbocycles. The van der Waals surface area contributed by atoms with E-state index in [4.69, 9.17) is 11.6 Å². The molecule has 13 heavy (non-hydrogen) atoms. The number of aromatic nitrogens is 2. The standard InChI is InChI=1S/C8H11ClN2O2/c1-4(5(2)12)7-6(9)8(13)10-11(7)3/h4H,1-3H3,(H,10,13). The maximum atomic E-state index is 11.1. The Hall–Kier alpha value is -1.03. The van der Waals surface area contributed by atoms with Gasteiger partial charge in [0.2, 0.25) is 0 Å². The van der Waals surface area contributed by atoms with Crippen LogP contribution in [0.25, 0.3) is 0 Å². The fourth-order valence-corrected chi connectivity index (χ4v) is 1.53. The molecule has 0 saturated carbocycles. The molecular weight excluding hydrogens is 192 g/mol. The lowest BCUT2D eigenvalue weighted by Gasteiger charge is -2.08. The van der Waals surface area contributed by atoms with Crippen molar-refractivity contribution in [1.82, 2.24) is 9.78 Å². The summed E-state index contributed by atoms with van der Waals surface area (Å²) >= 11 is 5.74. The maximum absolute atomic E-state index is 11.1. The maximum Gasteiger partial charge on any atom is 0.283 e. The zero-order chi connectivity index (χ0) is 10.2. The number of ketones is 1. The van der Waals surface area contributed by atoms with E-state index >= 15 is 0 Å². The van der Waals surface area contributed by atoms with E-state index in [1.54, 1.807) is 14.0 Å². The third kappa shape index (κ3) is 1.67. The number of nitrogens with zero attached hydrogens (tertiary/aromatic N) is 1. The molecule has 0 bridgehead atoms. The number of Topliss-reactive ketones (excluding diaryl/α,β-unsaturated/α-hetero) is 1. The van der Waals surface area contributed by atoms with Crippen molar-refractivity contribution < 1.29 is 4.79 Å². The molecule has 1 heterocycles. The average molecular weight is 203 g/mol. The SMILES string of the molecule is CC(=O)C(C)c1c(Cl)c(=O)[nH]n1C. The Morgan fingerprint density at radius 2 is 2.15 bits per heavy atom. The minimum Gasteiger partial charge on any atom is -0.299 e. The summed E-state index contributed by atoms with van der Waals surface area (Å²) in [6, 6.07) is 0. The van der Waals surface area contributed by atoms with Crippen LogP contribution in [0.5, 0.6) is 0 Å². The van der Waals surface area contributed by atoms with E-state index in [0.717, 1.165) is 0 Å². The Morgan fingerprint density at radius 3 is 2.46 bits per heavy atom. The Morgan fingerprint density at radius 1 is 1.62 bits per heavy atom. The largest absolute Gasteiger partial charge is 0.299 e. The number of hydrogen-bond donors (Lipinski definition) is 1. The van der Waals surface area contributed by atoms with Crippen LogP contribution in [-0.2, 0) is 11.8 Å². The molecule has 0 amide bonds. The van der Waals surface area contributed by atoms with Crippen molar-refractivity contribution in [3.05, 3.63) is 21.1 Å². The molecule has 1 aromatic rings. The van der Waals surface area contributed by atoms with Gasteiger partial charge in [0, 0.05) is 7.05 Å². The Labute approximate surface area is 80.5 Å². The third-order valence-electron chi connectivity index (χ3n) is 2.07. The number of aromatic amines is 1. The van der Waals surface area contributed by atoms with E-state index in [2.05, 4.69) is 5.10 Å². The van der Waals surface area contributed by atoms with Gasteiger partial charge in [-0.3, -0.25) is 19.4 Å². The van der Waals surface area contributed by atoms with Gasteiger partial charge in [-0.05, 0) is 13.8 Å². The first-order chi connectivity index (χ1) is 5.95. The Bertz CT molecular complexity index is 391. The molecule has 0 fully saturated rings. The first-order valence-corrected chi connectivity index (χ1v) is 4.27. The van der Waals surface area contributed by atoms with Gasteiger partial charge in [0.1, 0.15) is 10.8 Å². The van der Waals surface area contributed by atoms with Gasteiger partial charge in [0.15, 0.2) is 0 Å². The molecule has 1 atom stereocenters. The predicted octanol–water partition coefficient (Wildman–Crippen LogP) is 1.06. The number of rotatable bonds is 2. The normalized spacial score (nSPS) is 12.9. The Balaban J connectivity index is 3.28. The van der Waals surface area contributed by atoms with Gasteiger partial charge in [-0.1, -0.05) is 11.6 Å². The summed E-state index contributed by atoms with van der Waals surface area (Å²) in [6.45, 7) is 3.19. The van der Waals surface area contributed by atoms with Crippen molar-refractivity contribution in [3.8, 4) is 0 Å². The summed E-state index contributed by atoms with van der Waals surface area (Å²) < 4.78 is 1.48. The minimum atomic E-state index is -0.354. The van der Waals surface area contributed by atoms with Crippen LogP contribution in [0.2, 0.25) is 5.02 Å². The molecule has 72 valence electrons. The van der Waals surface area contributed by atoms with Gasteiger partial charge in [-0.2, -0.15) is 0 Å². The van der Waals surface area contributed by atoms with E-state index in [9.17, 15) is 9.59 Å². The number of carbonyl (C=O) groups is 1. The highest BCUT2D eigenvalue weighted by Crippen LogP contribution is 2.20. The van der Waals surface area contributed by atoms with Crippen LogP contribution in [0.1, 0.15) is 25.5 Å². The smallest absolute Gasteiger partial charge is 0.283 e. The number of H-pyrrole nitrogens is 1. The molecule has 1 unspecified atom stereocenters. The van der Waals surface area contributed by atoms with E-state index in [1.807, 2.05) is 0 Å². The minimum absolute atomic E-state index is 0.0171. The molecular formula is C8H11ClN2O2. The highest BCUT2D eigenvalue weighted by atomic mass is 35.5. The van der Waals surface area contributed by atoms with Gasteiger partial charge in [-0.25, -0.2) is 0 Å². The van der Waals surface area contributed by atoms with Gasteiger partial charge in [-0.15, -0.1) is 0 Å². The lowest BCUT2D eigenvalue weighted by Crippen LogP contribution is -2.10. The predicted molar refractivity (Wildman–Crippen MR) is 50.1 cm³/mol. The second kappa shape index (κ2) is 3.38. The summed E-state index contributed by atoms with van der Waals surface area (Å²) in [7, 11) is 1.65. The van der Waals surface area contributed by atoms with Crippen LogP contribution in [0.3, 0.4) is 0 Å². The molecule has 0 aliphatic carbocycles. The van der Waals surface area contributed by atoms with Crippen molar-refractivity contribution in [3.63, 3.8) is 0 Å². The molecule has 1 aromatic heterocycles. The second-order valence-corrected chi connectivity index (χ2v) is 3.41. The molecule has 0 saturated heterocycles. The number of halogens is 1. The summed E-state index contributed by atoms with van der Waals surface area (Å²) in [5.74, 6) is -0.368. The van der Waals surface area contributed by atoms with Crippen molar-refractivity contribution in [2.45, 2.75) is 19.8 Å². The topological polar surface area (TPSA) is 54.9 Å². The number of hydrogen-bond acceptors (Lipinski definition) is 2. The van der Waals surface area contributed by atoms with Crippen LogP contribution in [0, 0.1) is 0 Å². The number of nitrogens with one attached hydrogen (secondary N) is 1. The quantitative estimate of drug-likeness (QED) is 0.780. The van der Waals surface area contributed by atoms with E-state index in [1.165, 1.54) is 11.6 Å². The molecule has 0 aliphatic rings. The monoisotopic (exact) mass is 202 g/mol. The molecule has 0 aliphatic heterocycles. The Kier molecular flexibility index (Phi) is 2.61. The van der Waals surface area contributed by atoms with E-state index in [-0.39, 0.29) is 22.3 Å². The molecule has 4 nitrogen and oxygen atoms in total. The number of carbonyl (C=O) groups excluding carboxylic acids is 1. The zero-order valence-corrected chi connectivity index (χ0v) is 8.47. The van der Waals surface area contributed by atoms with Crippen molar-refractivity contribution in [1.29, 1.82) is 0 Å². The van der Waals surface area contributed by atoms with Crippen LogP contribution in [0.4, 0.5) is 0 Å². The van der Waals surface area contributed by atoms with E-state index < -0.39 is 0 Å². The van der Waals surface area contributed by atoms with Crippen LogP contribution < -0.4 is 5.56 Å². The summed E-state index contributed by atoms with van der Waals surface area (Å²) in [6.07, 6.45) is 0. The van der Waals surface area contributed by atoms with E-state index in [0.29, 0.717) is 5.69 Å².